The number of rotatable bonds is 7. The fourth-order valence-electron chi connectivity index (χ4n) is 2.72. The molecule has 2 aromatic carbocycles. The van der Waals surface area contributed by atoms with Crippen LogP contribution in [0.25, 0.3) is 10.9 Å². The van der Waals surface area contributed by atoms with Crippen molar-refractivity contribution >= 4 is 16.9 Å². The number of aromatic nitrogens is 1. The number of hydrogen-bond donors (Lipinski definition) is 2. The van der Waals surface area contributed by atoms with Gasteiger partial charge in [0.15, 0.2) is 0 Å². The van der Waals surface area contributed by atoms with Crippen LogP contribution in [0.2, 0.25) is 0 Å². The van der Waals surface area contributed by atoms with E-state index in [9.17, 15) is 4.79 Å². The van der Waals surface area contributed by atoms with E-state index in [0.717, 1.165) is 34.5 Å². The lowest BCUT2D eigenvalue weighted by molar-refractivity contribution is 0.0474. The number of carbonyl (C=O) groups is 1. The molecule has 5 nitrogen and oxygen atoms in total. The number of carbonyl (C=O) groups excluding carboxylic acids is 1. The van der Waals surface area contributed by atoms with Gasteiger partial charge in [0.1, 0.15) is 19.0 Å². The van der Waals surface area contributed by atoms with Crippen molar-refractivity contribution in [1.82, 2.24) is 10.3 Å². The van der Waals surface area contributed by atoms with E-state index >= 15 is 0 Å². The lowest BCUT2D eigenvalue weighted by Gasteiger charge is -2.07. The summed E-state index contributed by atoms with van der Waals surface area (Å²) in [7, 11) is 1.88. The molecule has 0 aliphatic rings. The lowest BCUT2D eigenvalue weighted by Crippen LogP contribution is -2.15. The zero-order chi connectivity index (χ0) is 17.6. The number of H-pyrrole nitrogens is 1. The fraction of sp³-hybridized carbons (Fsp3) is 0.250. The molecule has 5 heteroatoms. The molecule has 0 atom stereocenters. The summed E-state index contributed by atoms with van der Waals surface area (Å²) >= 11 is 0. The summed E-state index contributed by atoms with van der Waals surface area (Å²) < 4.78 is 11.2. The molecule has 0 amide bonds. The molecular formula is C20H22N2O3. The molecule has 0 aliphatic heterocycles. The molecular weight excluding hydrogens is 316 g/mol. The van der Waals surface area contributed by atoms with Crippen LogP contribution in [0.15, 0.2) is 48.5 Å². The van der Waals surface area contributed by atoms with Gasteiger partial charge in [-0.3, -0.25) is 0 Å². The van der Waals surface area contributed by atoms with Gasteiger partial charge in [0, 0.05) is 23.1 Å². The van der Waals surface area contributed by atoms with Gasteiger partial charge in [-0.05, 0) is 37.7 Å². The number of nitrogens with one attached hydrogen (secondary N) is 2. The van der Waals surface area contributed by atoms with Crippen molar-refractivity contribution in [2.24, 2.45) is 0 Å². The zero-order valence-corrected chi connectivity index (χ0v) is 14.5. The maximum Gasteiger partial charge on any atom is 0.340 e. The predicted octanol–water partition coefficient (Wildman–Crippen LogP) is 3.43. The van der Waals surface area contributed by atoms with Crippen molar-refractivity contribution in [3.63, 3.8) is 0 Å². The van der Waals surface area contributed by atoms with Gasteiger partial charge >= 0.3 is 5.97 Å². The standard InChI is InChI=1S/C20H22N2O3/c1-14-19(20(23)25-13-15-6-4-3-5-7-15)17-12-16(24-11-10-21-2)8-9-18(17)22-14/h3-9,12,21-22H,10-11,13H2,1-2H3. The molecule has 130 valence electrons. The van der Waals surface area contributed by atoms with Crippen LogP contribution < -0.4 is 10.1 Å². The summed E-state index contributed by atoms with van der Waals surface area (Å²) in [5.41, 5.74) is 3.21. The van der Waals surface area contributed by atoms with E-state index in [-0.39, 0.29) is 12.6 Å². The number of esters is 1. The highest BCUT2D eigenvalue weighted by molar-refractivity contribution is 6.05. The molecule has 0 aliphatic carbocycles. The number of ether oxygens (including phenoxy) is 2. The van der Waals surface area contributed by atoms with Gasteiger partial charge in [0.05, 0.1) is 5.56 Å². The van der Waals surface area contributed by atoms with Crippen LogP contribution in [-0.2, 0) is 11.3 Å². The van der Waals surface area contributed by atoms with E-state index < -0.39 is 0 Å². The topological polar surface area (TPSA) is 63.3 Å². The van der Waals surface area contributed by atoms with E-state index in [2.05, 4.69) is 10.3 Å². The third kappa shape index (κ3) is 4.00. The smallest absolute Gasteiger partial charge is 0.340 e. The third-order valence-electron chi connectivity index (χ3n) is 4.00. The Balaban J connectivity index is 1.80. The molecule has 1 heterocycles. The van der Waals surface area contributed by atoms with Crippen LogP contribution >= 0.6 is 0 Å². The molecule has 3 rings (SSSR count). The average molecular weight is 338 g/mol. The second kappa shape index (κ2) is 7.85. The molecule has 3 aromatic rings. The minimum absolute atomic E-state index is 0.254. The van der Waals surface area contributed by atoms with Crippen molar-refractivity contribution in [1.29, 1.82) is 0 Å². The number of aromatic amines is 1. The first kappa shape index (κ1) is 17.0. The Labute approximate surface area is 147 Å². The van der Waals surface area contributed by atoms with Gasteiger partial charge in [-0.2, -0.15) is 0 Å². The molecule has 0 saturated carbocycles. The molecule has 25 heavy (non-hydrogen) atoms. The van der Waals surface area contributed by atoms with Gasteiger partial charge in [-0.25, -0.2) is 4.79 Å². The van der Waals surface area contributed by atoms with Gasteiger partial charge in [0.2, 0.25) is 0 Å². The first-order chi connectivity index (χ1) is 12.2. The van der Waals surface area contributed by atoms with Crippen molar-refractivity contribution in [3.05, 3.63) is 65.4 Å². The maximum absolute atomic E-state index is 12.6. The first-order valence-electron chi connectivity index (χ1n) is 8.30. The summed E-state index contributed by atoms with van der Waals surface area (Å²) in [5, 5.41) is 3.85. The summed E-state index contributed by atoms with van der Waals surface area (Å²) in [6, 6.07) is 15.4. The molecule has 0 spiro atoms. The van der Waals surface area contributed by atoms with Gasteiger partial charge < -0.3 is 19.8 Å². The van der Waals surface area contributed by atoms with E-state index in [4.69, 9.17) is 9.47 Å². The van der Waals surface area contributed by atoms with Crippen LogP contribution in [-0.4, -0.2) is 31.2 Å². The Kier molecular flexibility index (Phi) is 5.36. The maximum atomic E-state index is 12.6. The highest BCUT2D eigenvalue weighted by Crippen LogP contribution is 2.27. The Morgan fingerprint density at radius 3 is 2.72 bits per heavy atom. The van der Waals surface area contributed by atoms with E-state index in [1.165, 1.54) is 0 Å². The van der Waals surface area contributed by atoms with Gasteiger partial charge in [-0.1, -0.05) is 30.3 Å². The molecule has 1 aromatic heterocycles. The summed E-state index contributed by atoms with van der Waals surface area (Å²) in [4.78, 5) is 15.8. The summed E-state index contributed by atoms with van der Waals surface area (Å²) in [6.07, 6.45) is 0. The monoisotopic (exact) mass is 338 g/mol. The van der Waals surface area contributed by atoms with E-state index in [1.807, 2.05) is 62.5 Å². The Hall–Kier alpha value is -2.79. The molecule has 0 unspecified atom stereocenters. The van der Waals surface area contributed by atoms with Gasteiger partial charge in [0.25, 0.3) is 0 Å². The normalized spacial score (nSPS) is 10.8. The van der Waals surface area contributed by atoms with Crippen LogP contribution in [0, 0.1) is 6.92 Å². The molecule has 0 bridgehead atoms. The Bertz CT molecular complexity index is 856. The zero-order valence-electron chi connectivity index (χ0n) is 14.5. The predicted molar refractivity (Wildman–Crippen MR) is 98.0 cm³/mol. The molecule has 0 radical (unpaired) electrons. The highest BCUT2D eigenvalue weighted by Gasteiger charge is 2.18. The molecule has 2 N–H and O–H groups in total. The second-order valence-corrected chi connectivity index (χ2v) is 5.85. The summed E-state index contributed by atoms with van der Waals surface area (Å²) in [5.74, 6) is 0.402. The molecule has 0 fully saturated rings. The van der Waals surface area contributed by atoms with Crippen LogP contribution in [0.4, 0.5) is 0 Å². The van der Waals surface area contributed by atoms with E-state index in [1.54, 1.807) is 0 Å². The van der Waals surface area contributed by atoms with Gasteiger partial charge in [-0.15, -0.1) is 0 Å². The SMILES string of the molecule is CNCCOc1ccc2[nH]c(C)c(C(=O)OCc3ccccc3)c2c1. The average Bonchev–Trinajstić information content (AvgIpc) is 2.96. The van der Waals surface area contributed by atoms with Crippen LogP contribution in [0.3, 0.4) is 0 Å². The van der Waals surface area contributed by atoms with Crippen molar-refractivity contribution in [3.8, 4) is 5.75 Å². The Morgan fingerprint density at radius 2 is 1.96 bits per heavy atom. The quantitative estimate of drug-likeness (QED) is 0.512. The fourth-order valence-corrected chi connectivity index (χ4v) is 2.72. The molecule has 0 saturated heterocycles. The van der Waals surface area contributed by atoms with Crippen molar-refractivity contribution in [2.45, 2.75) is 13.5 Å². The Morgan fingerprint density at radius 1 is 1.16 bits per heavy atom. The number of fused-ring (bicyclic) bond motifs is 1. The minimum atomic E-state index is -0.333. The number of aryl methyl sites for hydroxylation is 1. The third-order valence-corrected chi connectivity index (χ3v) is 4.00. The largest absolute Gasteiger partial charge is 0.492 e. The number of hydrogen-bond acceptors (Lipinski definition) is 4. The minimum Gasteiger partial charge on any atom is -0.492 e. The summed E-state index contributed by atoms with van der Waals surface area (Å²) in [6.45, 7) is 3.46. The number of likely N-dealkylation sites (N-methyl/N-ethyl adjacent to an activating group) is 1. The van der Waals surface area contributed by atoms with Crippen molar-refractivity contribution < 1.29 is 14.3 Å². The first-order valence-corrected chi connectivity index (χ1v) is 8.30. The second-order valence-electron chi connectivity index (χ2n) is 5.85. The van der Waals surface area contributed by atoms with Crippen LogP contribution in [0.5, 0.6) is 5.75 Å². The van der Waals surface area contributed by atoms with Crippen molar-refractivity contribution in [2.75, 3.05) is 20.2 Å². The van der Waals surface area contributed by atoms with E-state index in [0.29, 0.717) is 12.2 Å². The highest BCUT2D eigenvalue weighted by atomic mass is 16.5. The lowest BCUT2D eigenvalue weighted by atomic mass is 10.1. The van der Waals surface area contributed by atoms with Crippen LogP contribution in [0.1, 0.15) is 21.6 Å². The number of benzene rings is 2.